The molecule has 0 aromatic heterocycles. The minimum atomic E-state index is -1.09. The molecule has 0 spiro atoms. The van der Waals surface area contributed by atoms with Crippen molar-refractivity contribution >= 4 is 27.5 Å². The molecule has 0 heterocycles. The molecule has 96 valence electrons. The molecule has 0 bridgehead atoms. The highest BCUT2D eigenvalue weighted by molar-refractivity contribution is 9.10. The predicted molar refractivity (Wildman–Crippen MR) is 70.0 cm³/mol. The molecular weight excluding hydrogens is 309 g/mol. The van der Waals surface area contributed by atoms with Crippen molar-refractivity contribution in [3.8, 4) is 0 Å². The van der Waals surface area contributed by atoms with Gasteiger partial charge in [0.2, 0.25) is 0 Å². The van der Waals surface area contributed by atoms with Crippen molar-refractivity contribution in [2.75, 3.05) is 19.8 Å². The molecule has 0 aliphatic heterocycles. The highest BCUT2D eigenvalue weighted by atomic mass is 79.9. The average Bonchev–Trinajstić information content (AvgIpc) is 2.35. The van der Waals surface area contributed by atoms with Gasteiger partial charge in [0.1, 0.15) is 0 Å². The normalized spacial score (nSPS) is 11.8. The molecule has 1 rings (SSSR count). The zero-order valence-corrected chi connectivity index (χ0v) is 11.5. The van der Waals surface area contributed by atoms with Crippen molar-refractivity contribution in [1.82, 2.24) is 5.32 Å². The molecule has 4 N–H and O–H groups in total. The molecule has 0 atom stereocenters. The van der Waals surface area contributed by atoms with Crippen molar-refractivity contribution in [2.24, 2.45) is 0 Å². The van der Waals surface area contributed by atoms with E-state index in [1.54, 1.807) is 6.07 Å². The smallest absolute Gasteiger partial charge is 0.0884 e. The predicted octanol–water partition coefficient (Wildman–Crippen LogP) is 0.908. The van der Waals surface area contributed by atoms with E-state index >= 15 is 0 Å². The third-order valence-electron chi connectivity index (χ3n) is 2.57. The Hall–Kier alpha value is -0.170. The van der Waals surface area contributed by atoms with Crippen LogP contribution in [0.1, 0.15) is 5.56 Å². The molecule has 0 unspecified atom stereocenters. The average molecular weight is 325 g/mol. The van der Waals surface area contributed by atoms with Crippen LogP contribution < -0.4 is 5.32 Å². The van der Waals surface area contributed by atoms with E-state index in [2.05, 4.69) is 21.2 Å². The molecule has 1 aromatic rings. The maximum Gasteiger partial charge on any atom is 0.0884 e. The van der Waals surface area contributed by atoms with Crippen LogP contribution in [0.4, 0.5) is 0 Å². The first kappa shape index (κ1) is 14.9. The monoisotopic (exact) mass is 323 g/mol. The van der Waals surface area contributed by atoms with E-state index in [1.165, 1.54) is 0 Å². The Morgan fingerprint density at radius 2 is 1.76 bits per heavy atom. The number of benzene rings is 1. The quantitative estimate of drug-likeness (QED) is 0.628. The van der Waals surface area contributed by atoms with Crippen molar-refractivity contribution in [3.05, 3.63) is 33.3 Å². The maximum atomic E-state index is 9.15. The minimum Gasteiger partial charge on any atom is -0.394 e. The van der Waals surface area contributed by atoms with Crippen LogP contribution in [-0.4, -0.2) is 40.7 Å². The number of rotatable bonds is 6. The summed E-state index contributed by atoms with van der Waals surface area (Å²) in [6.45, 7) is -0.719. The summed E-state index contributed by atoms with van der Waals surface area (Å²) in [6.07, 6.45) is 0. The molecule has 0 saturated carbocycles. The van der Waals surface area contributed by atoms with Gasteiger partial charge in [0, 0.05) is 16.0 Å². The summed E-state index contributed by atoms with van der Waals surface area (Å²) in [6, 6.07) is 5.41. The Kier molecular flexibility index (Phi) is 5.85. The van der Waals surface area contributed by atoms with E-state index in [9.17, 15) is 0 Å². The lowest BCUT2D eigenvalue weighted by Crippen LogP contribution is -2.54. The number of halogens is 2. The molecule has 0 saturated heterocycles. The number of hydrogen-bond acceptors (Lipinski definition) is 4. The van der Waals surface area contributed by atoms with E-state index in [4.69, 9.17) is 26.9 Å². The van der Waals surface area contributed by atoms with Gasteiger partial charge in [0.25, 0.3) is 0 Å². The SMILES string of the molecule is OCC(CO)(CO)NCc1cc(Br)ccc1Cl. The molecule has 0 radical (unpaired) electrons. The van der Waals surface area contributed by atoms with Crippen LogP contribution in [0.2, 0.25) is 5.02 Å². The zero-order chi connectivity index (χ0) is 12.9. The Balaban J connectivity index is 2.75. The summed E-state index contributed by atoms with van der Waals surface area (Å²) in [5.41, 5.74) is -0.271. The van der Waals surface area contributed by atoms with Gasteiger partial charge in [-0.15, -0.1) is 0 Å². The van der Waals surface area contributed by atoms with Gasteiger partial charge in [-0.25, -0.2) is 0 Å². The second-order valence-electron chi connectivity index (χ2n) is 3.84. The highest BCUT2D eigenvalue weighted by Gasteiger charge is 2.27. The Labute approximate surface area is 113 Å². The van der Waals surface area contributed by atoms with Crippen molar-refractivity contribution in [3.63, 3.8) is 0 Å². The van der Waals surface area contributed by atoms with Gasteiger partial charge in [-0.05, 0) is 23.8 Å². The molecule has 0 amide bonds. The zero-order valence-electron chi connectivity index (χ0n) is 9.16. The largest absolute Gasteiger partial charge is 0.394 e. The van der Waals surface area contributed by atoms with Crippen LogP contribution in [0.5, 0.6) is 0 Å². The van der Waals surface area contributed by atoms with Crippen LogP contribution >= 0.6 is 27.5 Å². The topological polar surface area (TPSA) is 72.7 Å². The fourth-order valence-electron chi connectivity index (χ4n) is 1.28. The second kappa shape index (κ2) is 6.68. The minimum absolute atomic E-state index is 0.347. The second-order valence-corrected chi connectivity index (χ2v) is 5.17. The molecular formula is C11H15BrClNO3. The summed E-state index contributed by atoms with van der Waals surface area (Å²) in [4.78, 5) is 0. The standard InChI is InChI=1S/C11H15BrClNO3/c12-9-1-2-10(13)8(3-9)4-14-11(5-15,6-16)7-17/h1-3,14-17H,4-7H2. The number of nitrogens with one attached hydrogen (secondary N) is 1. The molecule has 0 aliphatic carbocycles. The maximum absolute atomic E-state index is 9.15. The van der Waals surface area contributed by atoms with Gasteiger partial charge < -0.3 is 20.6 Å². The van der Waals surface area contributed by atoms with Gasteiger partial charge in [-0.2, -0.15) is 0 Å². The summed E-state index contributed by atoms with van der Waals surface area (Å²) >= 11 is 9.34. The number of hydrogen-bond donors (Lipinski definition) is 4. The third-order valence-corrected chi connectivity index (χ3v) is 3.43. The summed E-state index contributed by atoms with van der Waals surface area (Å²) in [7, 11) is 0. The van der Waals surface area contributed by atoms with E-state index in [-0.39, 0.29) is 19.8 Å². The van der Waals surface area contributed by atoms with E-state index in [1.807, 2.05) is 12.1 Å². The molecule has 0 aliphatic rings. The van der Waals surface area contributed by atoms with Crippen LogP contribution in [0.15, 0.2) is 22.7 Å². The van der Waals surface area contributed by atoms with Crippen LogP contribution in [0.25, 0.3) is 0 Å². The summed E-state index contributed by atoms with van der Waals surface area (Å²) in [5, 5.41) is 31.0. The first-order chi connectivity index (χ1) is 8.06. The molecule has 6 heteroatoms. The Morgan fingerprint density at radius 1 is 1.18 bits per heavy atom. The van der Waals surface area contributed by atoms with Crippen LogP contribution in [0.3, 0.4) is 0 Å². The van der Waals surface area contributed by atoms with Crippen LogP contribution in [0, 0.1) is 0 Å². The number of aliphatic hydroxyl groups excluding tert-OH is 3. The van der Waals surface area contributed by atoms with E-state index in [0.29, 0.717) is 11.6 Å². The van der Waals surface area contributed by atoms with Crippen molar-refractivity contribution < 1.29 is 15.3 Å². The Bertz CT molecular complexity index is 363. The molecule has 1 aromatic carbocycles. The Morgan fingerprint density at radius 3 is 2.29 bits per heavy atom. The van der Waals surface area contributed by atoms with Gasteiger partial charge >= 0.3 is 0 Å². The van der Waals surface area contributed by atoms with Gasteiger partial charge in [0.05, 0.1) is 25.4 Å². The van der Waals surface area contributed by atoms with Gasteiger partial charge in [-0.3, -0.25) is 0 Å². The summed E-state index contributed by atoms with van der Waals surface area (Å²) in [5.74, 6) is 0. The summed E-state index contributed by atoms with van der Waals surface area (Å²) < 4.78 is 0.890. The molecule has 4 nitrogen and oxygen atoms in total. The lowest BCUT2D eigenvalue weighted by atomic mass is 10.0. The first-order valence-electron chi connectivity index (χ1n) is 5.08. The third kappa shape index (κ3) is 3.91. The van der Waals surface area contributed by atoms with Crippen molar-refractivity contribution in [2.45, 2.75) is 12.1 Å². The molecule has 0 fully saturated rings. The lowest BCUT2D eigenvalue weighted by Gasteiger charge is -2.29. The molecule has 17 heavy (non-hydrogen) atoms. The van der Waals surface area contributed by atoms with Crippen molar-refractivity contribution in [1.29, 1.82) is 0 Å². The fraction of sp³-hybridized carbons (Fsp3) is 0.455. The van der Waals surface area contributed by atoms with Gasteiger partial charge in [0.15, 0.2) is 0 Å². The fourth-order valence-corrected chi connectivity index (χ4v) is 1.87. The van der Waals surface area contributed by atoms with E-state index < -0.39 is 5.54 Å². The number of aliphatic hydroxyl groups is 3. The van der Waals surface area contributed by atoms with Crippen LogP contribution in [-0.2, 0) is 6.54 Å². The first-order valence-corrected chi connectivity index (χ1v) is 6.25. The highest BCUT2D eigenvalue weighted by Crippen LogP contribution is 2.21. The van der Waals surface area contributed by atoms with E-state index in [0.717, 1.165) is 10.0 Å². The van der Waals surface area contributed by atoms with Gasteiger partial charge in [-0.1, -0.05) is 27.5 Å². The lowest BCUT2D eigenvalue weighted by molar-refractivity contribution is 0.0414.